The quantitative estimate of drug-likeness (QED) is 0.833. The van der Waals surface area contributed by atoms with E-state index in [1.165, 1.54) is 5.56 Å². The van der Waals surface area contributed by atoms with E-state index in [1.54, 1.807) is 6.20 Å². The van der Waals surface area contributed by atoms with Crippen LogP contribution >= 0.6 is 0 Å². The van der Waals surface area contributed by atoms with Crippen LogP contribution in [0.3, 0.4) is 0 Å². The smallest absolute Gasteiger partial charge is 0.231 e. The highest BCUT2D eigenvalue weighted by Gasteiger charge is 2.40. The van der Waals surface area contributed by atoms with Crippen molar-refractivity contribution in [2.45, 2.75) is 32.0 Å². The number of carbonyl (C=O) groups excluding carboxylic acids is 1. The number of nitrogens with zero attached hydrogens (tertiary/aromatic N) is 3. The van der Waals surface area contributed by atoms with Gasteiger partial charge in [-0.1, -0.05) is 12.1 Å². The van der Waals surface area contributed by atoms with E-state index in [0.29, 0.717) is 13.3 Å². The van der Waals surface area contributed by atoms with Crippen molar-refractivity contribution in [3.63, 3.8) is 0 Å². The van der Waals surface area contributed by atoms with Crippen LogP contribution in [0.4, 0.5) is 0 Å². The van der Waals surface area contributed by atoms with Crippen LogP contribution in [0.5, 0.6) is 11.5 Å². The first-order valence-corrected chi connectivity index (χ1v) is 9.57. The van der Waals surface area contributed by atoms with Crippen molar-refractivity contribution in [3.05, 3.63) is 53.9 Å². The molecule has 27 heavy (non-hydrogen) atoms. The van der Waals surface area contributed by atoms with Crippen LogP contribution in [0, 0.1) is 5.92 Å². The van der Waals surface area contributed by atoms with Crippen molar-refractivity contribution in [1.82, 2.24) is 14.8 Å². The molecule has 140 valence electrons. The number of ether oxygens (including phenoxy) is 2. The predicted molar refractivity (Wildman–Crippen MR) is 99.1 cm³/mol. The zero-order chi connectivity index (χ0) is 18.2. The first-order chi connectivity index (χ1) is 13.3. The minimum absolute atomic E-state index is 0.0847. The molecule has 2 aromatic rings. The van der Waals surface area contributed by atoms with Gasteiger partial charge in [0.2, 0.25) is 12.7 Å². The lowest BCUT2D eigenvalue weighted by molar-refractivity contribution is -0.140. The summed E-state index contributed by atoms with van der Waals surface area (Å²) < 4.78 is 10.9. The second-order valence-corrected chi connectivity index (χ2v) is 7.60. The molecule has 6 heteroatoms. The van der Waals surface area contributed by atoms with E-state index in [2.05, 4.69) is 26.9 Å². The number of piperidine rings is 1. The van der Waals surface area contributed by atoms with Gasteiger partial charge in [-0.2, -0.15) is 0 Å². The van der Waals surface area contributed by atoms with Crippen LogP contribution in [0.1, 0.15) is 24.1 Å². The van der Waals surface area contributed by atoms with Crippen LogP contribution in [-0.4, -0.2) is 46.6 Å². The van der Waals surface area contributed by atoms with E-state index < -0.39 is 0 Å². The molecule has 5 heterocycles. The molecule has 1 amide bonds. The SMILES string of the molecule is O=C1[C@H]2CC[C@H](CN(Cc3ccc4c(c3)OCO4)C2)N1Cc1ccccn1. The van der Waals surface area contributed by atoms with Crippen molar-refractivity contribution >= 4 is 5.91 Å². The summed E-state index contributed by atoms with van der Waals surface area (Å²) in [6, 6.07) is 12.3. The highest BCUT2D eigenvalue weighted by Crippen LogP contribution is 2.34. The lowest BCUT2D eigenvalue weighted by Crippen LogP contribution is -2.47. The molecule has 3 saturated heterocycles. The Morgan fingerprint density at radius 2 is 1.96 bits per heavy atom. The van der Waals surface area contributed by atoms with E-state index in [9.17, 15) is 4.79 Å². The summed E-state index contributed by atoms with van der Waals surface area (Å²) in [5, 5.41) is 0. The number of rotatable bonds is 4. The minimum atomic E-state index is 0.0847. The normalized spacial score (nSPS) is 24.3. The molecule has 4 aliphatic rings. The molecule has 1 aromatic heterocycles. The van der Waals surface area contributed by atoms with Gasteiger partial charge in [-0.15, -0.1) is 0 Å². The number of carbonyl (C=O) groups is 1. The topological polar surface area (TPSA) is 54.9 Å². The summed E-state index contributed by atoms with van der Waals surface area (Å²) >= 11 is 0. The Balaban J connectivity index is 1.32. The third kappa shape index (κ3) is 3.25. The number of aromatic nitrogens is 1. The van der Waals surface area contributed by atoms with Crippen LogP contribution in [0.25, 0.3) is 0 Å². The van der Waals surface area contributed by atoms with E-state index in [4.69, 9.17) is 9.47 Å². The Hall–Kier alpha value is -2.60. The van der Waals surface area contributed by atoms with Gasteiger partial charge in [0.05, 0.1) is 18.2 Å². The highest BCUT2D eigenvalue weighted by atomic mass is 16.7. The molecule has 0 spiro atoms. The molecular formula is C21H23N3O3. The van der Waals surface area contributed by atoms with Crippen molar-refractivity contribution in [2.24, 2.45) is 5.92 Å². The number of hydrogen-bond acceptors (Lipinski definition) is 5. The zero-order valence-corrected chi connectivity index (χ0v) is 15.2. The second kappa shape index (κ2) is 6.85. The maximum atomic E-state index is 13.0. The molecule has 2 atom stereocenters. The lowest BCUT2D eigenvalue weighted by atomic mass is 9.94. The fourth-order valence-electron chi connectivity index (χ4n) is 4.43. The fraction of sp³-hybridized carbons (Fsp3) is 0.429. The Labute approximate surface area is 158 Å². The van der Waals surface area contributed by atoms with Crippen LogP contribution in [0.15, 0.2) is 42.6 Å². The molecule has 0 radical (unpaired) electrons. The van der Waals surface area contributed by atoms with Crippen LogP contribution in [-0.2, 0) is 17.9 Å². The van der Waals surface area contributed by atoms with Crippen molar-refractivity contribution in [1.29, 1.82) is 0 Å². The summed E-state index contributed by atoms with van der Waals surface area (Å²) in [5.74, 6) is 2.00. The Morgan fingerprint density at radius 1 is 1.04 bits per heavy atom. The van der Waals surface area contributed by atoms with Gasteiger partial charge in [-0.05, 0) is 42.7 Å². The summed E-state index contributed by atoms with van der Waals surface area (Å²) in [4.78, 5) is 21.9. The largest absolute Gasteiger partial charge is 0.454 e. The van der Waals surface area contributed by atoms with Crippen LogP contribution in [0.2, 0.25) is 0 Å². The molecule has 0 saturated carbocycles. The summed E-state index contributed by atoms with van der Waals surface area (Å²) in [6.45, 7) is 3.46. The molecule has 0 N–H and O–H groups in total. The summed E-state index contributed by atoms with van der Waals surface area (Å²) in [7, 11) is 0. The van der Waals surface area contributed by atoms with E-state index in [0.717, 1.165) is 49.7 Å². The maximum absolute atomic E-state index is 13.0. The van der Waals surface area contributed by atoms with E-state index in [1.807, 2.05) is 24.3 Å². The Bertz CT molecular complexity index is 842. The molecule has 1 aromatic carbocycles. The Kier molecular flexibility index (Phi) is 4.20. The van der Waals surface area contributed by atoms with Gasteiger partial charge in [-0.3, -0.25) is 14.7 Å². The number of fused-ring (bicyclic) bond motifs is 5. The molecule has 6 rings (SSSR count). The number of pyridine rings is 1. The lowest BCUT2D eigenvalue weighted by Gasteiger charge is -2.35. The highest BCUT2D eigenvalue weighted by molar-refractivity contribution is 5.80. The fourth-order valence-corrected chi connectivity index (χ4v) is 4.43. The maximum Gasteiger partial charge on any atom is 0.231 e. The van der Waals surface area contributed by atoms with Crippen LogP contribution < -0.4 is 9.47 Å². The van der Waals surface area contributed by atoms with Gasteiger partial charge in [0.15, 0.2) is 11.5 Å². The summed E-state index contributed by atoms with van der Waals surface area (Å²) in [6.07, 6.45) is 3.85. The van der Waals surface area contributed by atoms with E-state index >= 15 is 0 Å². The third-order valence-corrected chi connectivity index (χ3v) is 5.77. The van der Waals surface area contributed by atoms with Gasteiger partial charge >= 0.3 is 0 Å². The van der Waals surface area contributed by atoms with Crippen molar-refractivity contribution in [2.75, 3.05) is 19.9 Å². The Morgan fingerprint density at radius 3 is 2.85 bits per heavy atom. The zero-order valence-electron chi connectivity index (χ0n) is 15.2. The average molecular weight is 365 g/mol. The average Bonchev–Trinajstić information content (AvgIpc) is 3.00. The molecule has 0 aliphatic carbocycles. The first-order valence-electron chi connectivity index (χ1n) is 9.57. The standard InChI is InChI=1S/C21H23N3O3/c25-21-16-5-6-18(24(21)12-17-3-1-2-8-22-17)13-23(11-16)10-15-4-7-19-20(9-15)27-14-26-19/h1-4,7-9,16,18H,5-6,10-14H2/t16-,18+/m0/s1. The minimum Gasteiger partial charge on any atom is -0.454 e. The van der Waals surface area contributed by atoms with Gasteiger partial charge in [0.25, 0.3) is 0 Å². The third-order valence-electron chi connectivity index (χ3n) is 5.77. The van der Waals surface area contributed by atoms with E-state index in [-0.39, 0.29) is 17.9 Å². The van der Waals surface area contributed by atoms with Gasteiger partial charge in [0, 0.05) is 31.9 Å². The van der Waals surface area contributed by atoms with Gasteiger partial charge < -0.3 is 14.4 Å². The van der Waals surface area contributed by atoms with Gasteiger partial charge in [0.1, 0.15) is 0 Å². The number of hydrogen-bond donors (Lipinski definition) is 0. The first kappa shape index (κ1) is 16.6. The molecule has 6 nitrogen and oxygen atoms in total. The molecule has 3 fully saturated rings. The number of amides is 1. The van der Waals surface area contributed by atoms with Crippen molar-refractivity contribution in [3.8, 4) is 11.5 Å². The molecule has 0 unspecified atom stereocenters. The van der Waals surface area contributed by atoms with Crippen molar-refractivity contribution < 1.29 is 14.3 Å². The summed E-state index contributed by atoms with van der Waals surface area (Å²) in [5.41, 5.74) is 2.16. The number of benzene rings is 1. The molecule has 4 aliphatic heterocycles. The monoisotopic (exact) mass is 365 g/mol. The second-order valence-electron chi connectivity index (χ2n) is 7.60. The molecular weight excluding hydrogens is 342 g/mol. The van der Waals surface area contributed by atoms with Gasteiger partial charge in [-0.25, -0.2) is 0 Å². The molecule has 2 bridgehead atoms. The predicted octanol–water partition coefficient (Wildman–Crippen LogP) is 2.43.